The monoisotopic (exact) mass is 397 g/mol. The van der Waals surface area contributed by atoms with E-state index in [0.29, 0.717) is 10.4 Å². The first kappa shape index (κ1) is 18.5. The molecule has 1 aromatic carbocycles. The van der Waals surface area contributed by atoms with Gasteiger partial charge in [0.05, 0.1) is 23.7 Å². The van der Waals surface area contributed by atoms with Crippen LogP contribution in [0.3, 0.4) is 0 Å². The van der Waals surface area contributed by atoms with E-state index in [9.17, 15) is 22.4 Å². The van der Waals surface area contributed by atoms with Crippen LogP contribution < -0.4 is 5.32 Å². The average Bonchev–Trinajstić information content (AvgIpc) is 2.90. The van der Waals surface area contributed by atoms with E-state index in [1.807, 2.05) is 0 Å². The number of ether oxygens (including phenoxy) is 1. The van der Waals surface area contributed by atoms with E-state index in [0.717, 1.165) is 17.4 Å². The highest BCUT2D eigenvalue weighted by Crippen LogP contribution is 2.38. The fraction of sp³-hybridized carbons (Fsp3) is 0.294. The van der Waals surface area contributed by atoms with Crippen molar-refractivity contribution in [3.63, 3.8) is 0 Å². The number of carbonyl (C=O) groups is 2. The Morgan fingerprint density at radius 1 is 1.35 bits per heavy atom. The number of thiophene rings is 1. The number of carbonyl (C=O) groups excluding carboxylic acids is 2. The van der Waals surface area contributed by atoms with Gasteiger partial charge in [-0.2, -0.15) is 0 Å². The number of hydrogen-bond acceptors (Lipinski definition) is 6. The van der Waals surface area contributed by atoms with E-state index in [-0.39, 0.29) is 40.7 Å². The van der Waals surface area contributed by atoms with E-state index in [1.165, 1.54) is 18.2 Å². The highest BCUT2D eigenvalue weighted by Gasteiger charge is 2.32. The minimum absolute atomic E-state index is 0.0551. The van der Waals surface area contributed by atoms with Crippen LogP contribution in [0.1, 0.15) is 38.1 Å². The SMILES string of the molecule is CCOC(=O)c1c(NC(=O)c2cccc(F)c2)sc2c1CCS(=O)(=O)C2. The Labute approximate surface area is 153 Å². The number of anilines is 1. The molecule has 0 spiro atoms. The Balaban J connectivity index is 1.99. The number of benzene rings is 1. The Hall–Kier alpha value is -2.26. The molecule has 1 aromatic heterocycles. The molecule has 1 aliphatic heterocycles. The number of amides is 1. The third-order valence-corrected chi connectivity index (χ3v) is 6.78. The summed E-state index contributed by atoms with van der Waals surface area (Å²) in [4.78, 5) is 25.3. The molecular formula is C17H16FNO5S2. The number of nitrogens with one attached hydrogen (secondary N) is 1. The van der Waals surface area contributed by atoms with Crippen molar-refractivity contribution in [2.45, 2.75) is 19.1 Å². The van der Waals surface area contributed by atoms with Crippen molar-refractivity contribution < 1.29 is 27.1 Å². The van der Waals surface area contributed by atoms with Crippen LogP contribution in [-0.2, 0) is 26.7 Å². The summed E-state index contributed by atoms with van der Waals surface area (Å²) in [5.41, 5.74) is 0.878. The van der Waals surface area contributed by atoms with Crippen LogP contribution >= 0.6 is 11.3 Å². The summed E-state index contributed by atoms with van der Waals surface area (Å²) < 4.78 is 42.1. The molecule has 0 bridgehead atoms. The van der Waals surface area contributed by atoms with Gasteiger partial charge in [0, 0.05) is 10.4 Å². The van der Waals surface area contributed by atoms with Gasteiger partial charge in [0.25, 0.3) is 5.91 Å². The topological polar surface area (TPSA) is 89.5 Å². The van der Waals surface area contributed by atoms with Gasteiger partial charge in [-0.15, -0.1) is 11.3 Å². The number of sulfone groups is 1. The lowest BCUT2D eigenvalue weighted by molar-refractivity contribution is 0.0527. The Morgan fingerprint density at radius 2 is 2.12 bits per heavy atom. The van der Waals surface area contributed by atoms with Crippen LogP contribution in [0.4, 0.5) is 9.39 Å². The van der Waals surface area contributed by atoms with E-state index >= 15 is 0 Å². The molecule has 0 unspecified atom stereocenters. The normalized spacial score (nSPS) is 15.2. The summed E-state index contributed by atoms with van der Waals surface area (Å²) in [6.07, 6.45) is 0.193. The van der Waals surface area contributed by atoms with E-state index < -0.39 is 27.5 Å². The van der Waals surface area contributed by atoms with Crippen molar-refractivity contribution in [3.05, 3.63) is 51.7 Å². The minimum atomic E-state index is -3.23. The molecule has 2 heterocycles. The van der Waals surface area contributed by atoms with Gasteiger partial charge in [0.1, 0.15) is 10.8 Å². The third-order valence-electron chi connectivity index (χ3n) is 3.90. The number of fused-ring (bicyclic) bond motifs is 1. The van der Waals surface area contributed by atoms with E-state index in [4.69, 9.17) is 4.74 Å². The molecular weight excluding hydrogens is 381 g/mol. The maximum absolute atomic E-state index is 13.3. The zero-order valence-electron chi connectivity index (χ0n) is 13.9. The minimum Gasteiger partial charge on any atom is -0.462 e. The molecule has 3 rings (SSSR count). The molecule has 1 N–H and O–H groups in total. The summed E-state index contributed by atoms with van der Waals surface area (Å²) >= 11 is 1.04. The smallest absolute Gasteiger partial charge is 0.341 e. The van der Waals surface area contributed by atoms with Crippen LogP contribution in [0.25, 0.3) is 0 Å². The second-order valence-electron chi connectivity index (χ2n) is 5.73. The van der Waals surface area contributed by atoms with Crippen LogP contribution in [0.5, 0.6) is 0 Å². The number of rotatable bonds is 4. The van der Waals surface area contributed by atoms with Gasteiger partial charge in [-0.3, -0.25) is 4.79 Å². The summed E-state index contributed by atoms with van der Waals surface area (Å²) in [5, 5.41) is 2.82. The van der Waals surface area contributed by atoms with Crippen molar-refractivity contribution >= 4 is 38.1 Å². The zero-order valence-corrected chi connectivity index (χ0v) is 15.5. The maximum atomic E-state index is 13.3. The lowest BCUT2D eigenvalue weighted by atomic mass is 10.1. The van der Waals surface area contributed by atoms with Crippen molar-refractivity contribution in [2.24, 2.45) is 0 Å². The molecule has 26 heavy (non-hydrogen) atoms. The zero-order chi connectivity index (χ0) is 18.9. The highest BCUT2D eigenvalue weighted by atomic mass is 32.2. The van der Waals surface area contributed by atoms with Gasteiger partial charge in [-0.25, -0.2) is 17.6 Å². The molecule has 1 aliphatic rings. The fourth-order valence-corrected chi connectivity index (χ4v) is 5.77. The summed E-state index contributed by atoms with van der Waals surface area (Å²) in [5.74, 6) is -1.98. The Kier molecular flexibility index (Phi) is 5.10. The lowest BCUT2D eigenvalue weighted by Crippen LogP contribution is -2.20. The van der Waals surface area contributed by atoms with Gasteiger partial charge in [-0.05, 0) is 37.1 Å². The van der Waals surface area contributed by atoms with Gasteiger partial charge in [-0.1, -0.05) is 6.07 Å². The predicted molar refractivity (Wildman–Crippen MR) is 95.8 cm³/mol. The summed E-state index contributed by atoms with van der Waals surface area (Å²) in [7, 11) is -3.23. The first-order valence-corrected chi connectivity index (χ1v) is 10.5. The van der Waals surface area contributed by atoms with Gasteiger partial charge in [0.2, 0.25) is 0 Å². The molecule has 0 atom stereocenters. The van der Waals surface area contributed by atoms with E-state index in [2.05, 4.69) is 5.32 Å². The number of halogens is 1. The Bertz CT molecular complexity index is 981. The first-order valence-electron chi connectivity index (χ1n) is 7.89. The van der Waals surface area contributed by atoms with Crippen molar-refractivity contribution in [1.82, 2.24) is 0 Å². The predicted octanol–water partition coefficient (Wildman–Crippen LogP) is 2.79. The highest BCUT2D eigenvalue weighted by molar-refractivity contribution is 7.90. The van der Waals surface area contributed by atoms with Crippen molar-refractivity contribution in [2.75, 3.05) is 17.7 Å². The molecule has 0 radical (unpaired) electrons. The molecule has 138 valence electrons. The Morgan fingerprint density at radius 3 is 2.81 bits per heavy atom. The lowest BCUT2D eigenvalue weighted by Gasteiger charge is -2.13. The number of esters is 1. The molecule has 0 saturated carbocycles. The third kappa shape index (κ3) is 3.78. The van der Waals surface area contributed by atoms with Gasteiger partial charge in [0.15, 0.2) is 9.84 Å². The van der Waals surface area contributed by atoms with Crippen LogP contribution in [-0.4, -0.2) is 32.7 Å². The standard InChI is InChI=1S/C17H16FNO5S2/c1-2-24-17(21)14-12-6-7-26(22,23)9-13(12)25-16(14)19-15(20)10-4-3-5-11(18)8-10/h3-5,8H,2,6-7,9H2,1H3,(H,19,20). The molecule has 0 fully saturated rings. The van der Waals surface area contributed by atoms with Crippen molar-refractivity contribution in [3.8, 4) is 0 Å². The van der Waals surface area contributed by atoms with Gasteiger partial charge >= 0.3 is 5.97 Å². The van der Waals surface area contributed by atoms with E-state index in [1.54, 1.807) is 6.92 Å². The maximum Gasteiger partial charge on any atom is 0.341 e. The van der Waals surface area contributed by atoms with Crippen LogP contribution in [0.2, 0.25) is 0 Å². The first-order chi connectivity index (χ1) is 12.3. The van der Waals surface area contributed by atoms with Crippen LogP contribution in [0.15, 0.2) is 24.3 Å². The quantitative estimate of drug-likeness (QED) is 0.802. The number of hydrogen-bond donors (Lipinski definition) is 1. The molecule has 6 nitrogen and oxygen atoms in total. The fourth-order valence-electron chi connectivity index (χ4n) is 2.73. The largest absolute Gasteiger partial charge is 0.462 e. The molecule has 0 aliphatic carbocycles. The van der Waals surface area contributed by atoms with Gasteiger partial charge < -0.3 is 10.1 Å². The second-order valence-corrected chi connectivity index (χ2v) is 9.02. The van der Waals surface area contributed by atoms with Crippen molar-refractivity contribution in [1.29, 1.82) is 0 Å². The second kappa shape index (κ2) is 7.16. The van der Waals surface area contributed by atoms with Crippen LogP contribution in [0, 0.1) is 5.82 Å². The molecule has 2 aromatic rings. The molecule has 1 amide bonds. The summed E-state index contributed by atoms with van der Waals surface area (Å²) in [6, 6.07) is 5.15. The summed E-state index contributed by atoms with van der Waals surface area (Å²) in [6.45, 7) is 1.81. The molecule has 9 heteroatoms. The average molecular weight is 397 g/mol. The molecule has 0 saturated heterocycles.